The Morgan fingerprint density at radius 1 is 1.36 bits per heavy atom. The quantitative estimate of drug-likeness (QED) is 0.707. The third kappa shape index (κ3) is 2.02. The second-order valence-corrected chi connectivity index (χ2v) is 4.04. The number of fused-ring (bicyclic) bond motifs is 1. The van der Waals surface area contributed by atoms with E-state index in [4.69, 9.17) is 0 Å². The van der Waals surface area contributed by atoms with Crippen LogP contribution in [0.25, 0.3) is 6.08 Å². The van der Waals surface area contributed by atoms with Crippen molar-refractivity contribution in [2.24, 2.45) is 0 Å². The number of benzene rings is 1. The van der Waals surface area contributed by atoms with Gasteiger partial charge >= 0.3 is 0 Å². The van der Waals surface area contributed by atoms with Crippen LogP contribution in [-0.2, 0) is 11.1 Å². The monoisotopic (exact) mass is 205 g/mol. The third-order valence-electron chi connectivity index (χ3n) is 2.37. The summed E-state index contributed by atoms with van der Waals surface area (Å²) in [5, 5.41) is 0. The van der Waals surface area contributed by atoms with E-state index in [1.165, 1.54) is 11.1 Å². The molecule has 0 radical (unpaired) electrons. The first-order chi connectivity index (χ1) is 6.90. The summed E-state index contributed by atoms with van der Waals surface area (Å²) in [5.41, 5.74) is 2.64. The second-order valence-electron chi connectivity index (χ2n) is 3.34. The van der Waals surface area contributed by atoms with Gasteiger partial charge in [0.1, 0.15) is 0 Å². The van der Waals surface area contributed by atoms with Crippen LogP contribution in [0.15, 0.2) is 30.5 Å². The number of hydrogen-bond donors (Lipinski definition) is 0. The molecular weight excluding hydrogens is 193 g/mol. The lowest BCUT2D eigenvalue weighted by Crippen LogP contribution is -2.21. The standard InChI is InChI=1S/C11H12NOP/c13-14-8-7-12-6-5-10-3-1-2-4-11(10)9-12/h1-6H,7-9H2. The molecule has 0 spiro atoms. The molecule has 3 heteroatoms. The van der Waals surface area contributed by atoms with Crippen LogP contribution in [0.1, 0.15) is 11.1 Å². The van der Waals surface area contributed by atoms with E-state index in [2.05, 4.69) is 41.4 Å². The van der Waals surface area contributed by atoms with E-state index in [9.17, 15) is 4.57 Å². The van der Waals surface area contributed by atoms with E-state index in [1.54, 1.807) is 0 Å². The molecule has 0 N–H and O–H groups in total. The minimum atomic E-state index is 0.230. The Balaban J connectivity index is 2.09. The van der Waals surface area contributed by atoms with Gasteiger partial charge in [0.15, 0.2) is 8.46 Å². The van der Waals surface area contributed by atoms with Gasteiger partial charge in [-0.3, -0.25) is 4.57 Å². The molecule has 1 aromatic carbocycles. The fraction of sp³-hybridized carbons (Fsp3) is 0.273. The van der Waals surface area contributed by atoms with Crippen LogP contribution in [0.5, 0.6) is 0 Å². The van der Waals surface area contributed by atoms with Crippen LogP contribution in [0.3, 0.4) is 0 Å². The topological polar surface area (TPSA) is 20.3 Å². The van der Waals surface area contributed by atoms with Crippen LogP contribution < -0.4 is 0 Å². The minimum Gasteiger partial charge on any atom is -0.372 e. The van der Waals surface area contributed by atoms with Gasteiger partial charge in [-0.05, 0) is 23.4 Å². The predicted octanol–water partition coefficient (Wildman–Crippen LogP) is 2.76. The zero-order valence-corrected chi connectivity index (χ0v) is 8.78. The van der Waals surface area contributed by atoms with Gasteiger partial charge in [0, 0.05) is 19.3 Å². The minimum absolute atomic E-state index is 0.230. The molecule has 0 saturated heterocycles. The molecule has 1 aromatic rings. The molecule has 0 atom stereocenters. The van der Waals surface area contributed by atoms with Crippen molar-refractivity contribution in [2.75, 3.05) is 12.7 Å². The summed E-state index contributed by atoms with van der Waals surface area (Å²) in [7, 11) is 0.230. The summed E-state index contributed by atoms with van der Waals surface area (Å²) < 4.78 is 10.3. The van der Waals surface area contributed by atoms with E-state index >= 15 is 0 Å². The first-order valence-corrected chi connectivity index (χ1v) is 5.69. The lowest BCUT2D eigenvalue weighted by molar-refractivity contribution is 0.389. The molecule has 72 valence electrons. The molecule has 0 bridgehead atoms. The Kier molecular flexibility index (Phi) is 2.95. The molecular formula is C11H12NOP. The zero-order chi connectivity index (χ0) is 9.80. The van der Waals surface area contributed by atoms with Crippen LogP contribution in [0.2, 0.25) is 0 Å². The number of rotatable bonds is 3. The largest absolute Gasteiger partial charge is 0.372 e. The van der Waals surface area contributed by atoms with Gasteiger partial charge in [0.2, 0.25) is 0 Å². The first-order valence-electron chi connectivity index (χ1n) is 4.69. The van der Waals surface area contributed by atoms with Gasteiger partial charge < -0.3 is 4.90 Å². The summed E-state index contributed by atoms with van der Waals surface area (Å²) in [6, 6.07) is 8.37. The fourth-order valence-corrected chi connectivity index (χ4v) is 1.96. The molecule has 1 aliphatic heterocycles. The molecule has 0 fully saturated rings. The van der Waals surface area contributed by atoms with Crippen LogP contribution >= 0.6 is 8.46 Å². The first kappa shape index (κ1) is 9.42. The normalized spacial score (nSPS) is 14.4. The Morgan fingerprint density at radius 2 is 2.21 bits per heavy atom. The van der Waals surface area contributed by atoms with Crippen LogP contribution in [0.4, 0.5) is 0 Å². The molecule has 14 heavy (non-hydrogen) atoms. The molecule has 2 rings (SSSR count). The SMILES string of the molecule is O=PCCN1C=Cc2ccccc2C1. The smallest absolute Gasteiger partial charge is 0.157 e. The maximum Gasteiger partial charge on any atom is 0.157 e. The molecule has 2 nitrogen and oxygen atoms in total. The Hall–Kier alpha value is -1.14. The van der Waals surface area contributed by atoms with Gasteiger partial charge in [0.05, 0.1) is 0 Å². The van der Waals surface area contributed by atoms with Crippen LogP contribution in [-0.4, -0.2) is 17.6 Å². The average Bonchev–Trinajstić information content (AvgIpc) is 2.26. The van der Waals surface area contributed by atoms with E-state index in [-0.39, 0.29) is 8.46 Å². The van der Waals surface area contributed by atoms with Gasteiger partial charge in [-0.25, -0.2) is 0 Å². The summed E-state index contributed by atoms with van der Waals surface area (Å²) in [6.45, 7) is 1.79. The fourth-order valence-electron chi connectivity index (χ4n) is 1.62. The van der Waals surface area contributed by atoms with Crippen molar-refractivity contribution in [1.29, 1.82) is 0 Å². The lowest BCUT2D eigenvalue weighted by atomic mass is 10.0. The van der Waals surface area contributed by atoms with Crippen molar-refractivity contribution in [3.63, 3.8) is 0 Å². The molecule has 0 saturated carbocycles. The van der Waals surface area contributed by atoms with Crippen molar-refractivity contribution >= 4 is 14.5 Å². The second kappa shape index (κ2) is 4.39. The van der Waals surface area contributed by atoms with Gasteiger partial charge in [-0.1, -0.05) is 24.3 Å². The van der Waals surface area contributed by atoms with Crippen molar-refractivity contribution in [1.82, 2.24) is 4.90 Å². The average molecular weight is 205 g/mol. The molecule has 0 aliphatic carbocycles. The van der Waals surface area contributed by atoms with E-state index < -0.39 is 0 Å². The molecule has 1 heterocycles. The summed E-state index contributed by atoms with van der Waals surface area (Å²) in [5.74, 6) is 0. The highest BCUT2D eigenvalue weighted by atomic mass is 31.1. The summed E-state index contributed by atoms with van der Waals surface area (Å²) >= 11 is 0. The summed E-state index contributed by atoms with van der Waals surface area (Å²) in [6.07, 6.45) is 4.89. The number of nitrogens with zero attached hydrogens (tertiary/aromatic N) is 1. The van der Waals surface area contributed by atoms with E-state index in [1.807, 2.05) is 0 Å². The maximum absolute atomic E-state index is 10.3. The number of hydrogen-bond acceptors (Lipinski definition) is 2. The van der Waals surface area contributed by atoms with Gasteiger partial charge in [-0.15, -0.1) is 0 Å². The van der Waals surface area contributed by atoms with E-state index in [0.717, 1.165) is 13.1 Å². The van der Waals surface area contributed by atoms with Gasteiger partial charge in [-0.2, -0.15) is 0 Å². The highest BCUT2D eigenvalue weighted by Gasteiger charge is 2.08. The van der Waals surface area contributed by atoms with Crippen molar-refractivity contribution in [3.8, 4) is 0 Å². The Bertz CT molecular complexity index is 362. The van der Waals surface area contributed by atoms with Crippen molar-refractivity contribution < 1.29 is 4.57 Å². The van der Waals surface area contributed by atoms with Gasteiger partial charge in [0.25, 0.3) is 0 Å². The maximum atomic E-state index is 10.3. The third-order valence-corrected chi connectivity index (χ3v) is 2.75. The molecule has 0 aromatic heterocycles. The lowest BCUT2D eigenvalue weighted by Gasteiger charge is -2.24. The molecule has 0 amide bonds. The van der Waals surface area contributed by atoms with Crippen LogP contribution in [0, 0.1) is 0 Å². The zero-order valence-electron chi connectivity index (χ0n) is 7.89. The van der Waals surface area contributed by atoms with E-state index in [0.29, 0.717) is 6.16 Å². The Morgan fingerprint density at radius 3 is 3.07 bits per heavy atom. The molecule has 1 aliphatic rings. The predicted molar refractivity (Wildman–Crippen MR) is 58.4 cm³/mol. The van der Waals surface area contributed by atoms with Crippen molar-refractivity contribution in [3.05, 3.63) is 41.6 Å². The highest BCUT2D eigenvalue weighted by molar-refractivity contribution is 7.23. The summed E-state index contributed by atoms with van der Waals surface area (Å²) in [4.78, 5) is 2.19. The highest BCUT2D eigenvalue weighted by Crippen LogP contribution is 2.18. The molecule has 0 unspecified atom stereocenters. The van der Waals surface area contributed by atoms with Crippen molar-refractivity contribution in [2.45, 2.75) is 6.54 Å². The Labute approximate surface area is 85.4 Å².